The van der Waals surface area contributed by atoms with Crippen LogP contribution in [0.4, 0.5) is 32.0 Å². The number of amides is 1. The number of likely N-dealkylation sites (tertiary alicyclic amines) is 1. The van der Waals surface area contributed by atoms with Gasteiger partial charge in [-0.2, -0.15) is 37.7 Å². The highest BCUT2D eigenvalue weighted by Crippen LogP contribution is 2.34. The molecule has 4 rings (SSSR count). The van der Waals surface area contributed by atoms with Gasteiger partial charge in [0.2, 0.25) is 0 Å². The maximum atomic E-state index is 12.4. The Bertz CT molecular complexity index is 1030. The van der Waals surface area contributed by atoms with E-state index in [-0.39, 0.29) is 18.1 Å². The fraction of sp³-hybridized carbons (Fsp3) is 0.455. The van der Waals surface area contributed by atoms with Crippen molar-refractivity contribution in [3.8, 4) is 0 Å². The first-order valence-corrected chi connectivity index (χ1v) is 11.8. The third-order valence-electron chi connectivity index (χ3n) is 5.33. The van der Waals surface area contributed by atoms with E-state index in [0.29, 0.717) is 5.92 Å². The molecular weight excluding hydrogens is 548 g/mol. The zero-order valence-electron chi connectivity index (χ0n) is 19.4. The Morgan fingerprint density at radius 1 is 1.11 bits per heavy atom. The first-order chi connectivity index (χ1) is 17.7. The number of carbonyl (C=O) groups is 3. The monoisotopic (exact) mass is 571 g/mol. The van der Waals surface area contributed by atoms with Crippen molar-refractivity contribution in [2.45, 2.75) is 43.9 Å². The number of carbonyl (C=O) groups excluding carboxylic acids is 1. The molecule has 0 spiro atoms. The van der Waals surface area contributed by atoms with Gasteiger partial charge in [-0.05, 0) is 59.8 Å². The highest BCUT2D eigenvalue weighted by atomic mass is 32.1. The zero-order chi connectivity index (χ0) is 28.5. The summed E-state index contributed by atoms with van der Waals surface area (Å²) in [5, 5.41) is 21.5. The standard InChI is InChI=1S/C18H21N3O2S.2C2HF3O2/c22-18(20-15-2-1-5-19-9-15)16-8-14-3-6-21(11-17(14)23-16)10-13-4-7-24-12-13;2*3-2(4,5)1(6)7/h1-2,4-5,7,9,12,14,16-17H,3,6,8,10-11H2,(H,20,22);2*(H,6,7)/t14-,16+,17+;;/m0../s1. The molecule has 16 heteroatoms. The number of carboxylic acids is 2. The fourth-order valence-corrected chi connectivity index (χ4v) is 4.27. The lowest BCUT2D eigenvalue weighted by Crippen LogP contribution is -2.41. The van der Waals surface area contributed by atoms with E-state index < -0.39 is 24.3 Å². The van der Waals surface area contributed by atoms with E-state index in [2.05, 4.69) is 32.0 Å². The van der Waals surface area contributed by atoms with Gasteiger partial charge in [0, 0.05) is 19.3 Å². The van der Waals surface area contributed by atoms with Gasteiger partial charge >= 0.3 is 24.3 Å². The van der Waals surface area contributed by atoms with Crippen LogP contribution in [0.25, 0.3) is 0 Å². The summed E-state index contributed by atoms with van der Waals surface area (Å²) in [6.45, 7) is 2.97. The van der Waals surface area contributed by atoms with Crippen LogP contribution in [0.15, 0.2) is 41.4 Å². The fourth-order valence-electron chi connectivity index (χ4n) is 3.61. The first-order valence-electron chi connectivity index (χ1n) is 10.9. The molecule has 4 heterocycles. The topological polar surface area (TPSA) is 129 Å². The number of alkyl halides is 6. The maximum Gasteiger partial charge on any atom is 0.490 e. The molecule has 2 aliphatic heterocycles. The Morgan fingerprint density at radius 2 is 1.74 bits per heavy atom. The first kappa shape index (κ1) is 31.0. The van der Waals surface area contributed by atoms with Crippen LogP contribution < -0.4 is 5.32 Å². The number of nitrogens with one attached hydrogen (secondary N) is 1. The van der Waals surface area contributed by atoms with E-state index in [1.165, 1.54) is 5.56 Å². The van der Waals surface area contributed by atoms with E-state index in [1.54, 1.807) is 23.7 Å². The van der Waals surface area contributed by atoms with Crippen LogP contribution in [0.3, 0.4) is 0 Å². The summed E-state index contributed by atoms with van der Waals surface area (Å²) in [7, 11) is 0. The largest absolute Gasteiger partial charge is 0.490 e. The number of halogens is 6. The quantitative estimate of drug-likeness (QED) is 0.470. The number of pyridine rings is 1. The summed E-state index contributed by atoms with van der Waals surface area (Å²) in [5.74, 6) is -5.07. The Morgan fingerprint density at radius 3 is 2.24 bits per heavy atom. The molecule has 0 saturated carbocycles. The SMILES string of the molecule is O=C(Nc1cccnc1)[C@H]1C[C@@H]2CCN(Cc3ccsc3)C[C@H]2O1.O=C(O)C(F)(F)F.O=C(O)C(F)(F)F. The third-order valence-corrected chi connectivity index (χ3v) is 6.06. The molecule has 2 aliphatic rings. The van der Waals surface area contributed by atoms with Crippen LogP contribution >= 0.6 is 11.3 Å². The average molecular weight is 571 g/mol. The molecule has 2 saturated heterocycles. The molecule has 2 aromatic heterocycles. The molecule has 9 nitrogen and oxygen atoms in total. The number of hydrogen-bond donors (Lipinski definition) is 3. The van der Waals surface area contributed by atoms with Gasteiger partial charge in [-0.3, -0.25) is 14.7 Å². The summed E-state index contributed by atoms with van der Waals surface area (Å²) in [6.07, 6.45) is -5.07. The van der Waals surface area contributed by atoms with E-state index in [0.717, 1.165) is 38.2 Å². The van der Waals surface area contributed by atoms with Crippen LogP contribution in [0.2, 0.25) is 0 Å². The molecule has 3 atom stereocenters. The van der Waals surface area contributed by atoms with Gasteiger partial charge in [-0.25, -0.2) is 9.59 Å². The molecule has 2 fully saturated rings. The van der Waals surface area contributed by atoms with Crippen molar-refractivity contribution in [1.82, 2.24) is 9.88 Å². The van der Waals surface area contributed by atoms with Crippen molar-refractivity contribution in [2.75, 3.05) is 18.4 Å². The summed E-state index contributed by atoms with van der Waals surface area (Å²) in [4.78, 5) is 36.7. The highest BCUT2D eigenvalue weighted by molar-refractivity contribution is 7.07. The number of fused-ring (bicyclic) bond motifs is 1. The molecule has 0 bridgehead atoms. The molecule has 0 aromatic carbocycles. The second-order valence-electron chi connectivity index (χ2n) is 8.15. The van der Waals surface area contributed by atoms with Crippen molar-refractivity contribution >= 4 is 34.9 Å². The van der Waals surface area contributed by atoms with Gasteiger partial charge in [0.05, 0.1) is 18.0 Å². The summed E-state index contributed by atoms with van der Waals surface area (Å²) < 4.78 is 69.5. The second-order valence-corrected chi connectivity index (χ2v) is 8.93. The Labute approximate surface area is 216 Å². The minimum atomic E-state index is -5.08. The van der Waals surface area contributed by atoms with Crippen LogP contribution in [0.5, 0.6) is 0 Å². The zero-order valence-corrected chi connectivity index (χ0v) is 20.2. The van der Waals surface area contributed by atoms with Crippen LogP contribution in [0, 0.1) is 5.92 Å². The lowest BCUT2D eigenvalue weighted by molar-refractivity contribution is -0.193. The van der Waals surface area contributed by atoms with Crippen molar-refractivity contribution in [1.29, 1.82) is 0 Å². The number of hydrogen-bond acceptors (Lipinski definition) is 7. The number of rotatable bonds is 4. The molecule has 0 radical (unpaired) electrons. The van der Waals surface area contributed by atoms with Gasteiger partial charge in [-0.1, -0.05) is 0 Å². The van der Waals surface area contributed by atoms with E-state index >= 15 is 0 Å². The minimum absolute atomic E-state index is 0.0539. The van der Waals surface area contributed by atoms with Gasteiger partial charge in [0.15, 0.2) is 0 Å². The molecular formula is C22H23F6N3O6S. The summed E-state index contributed by atoms with van der Waals surface area (Å²) in [6, 6.07) is 5.83. The molecule has 3 N–H and O–H groups in total. The number of aromatic nitrogens is 1. The normalized spacial score (nSPS) is 21.2. The number of thiophene rings is 1. The summed E-state index contributed by atoms with van der Waals surface area (Å²) in [5.41, 5.74) is 2.09. The highest BCUT2D eigenvalue weighted by Gasteiger charge is 2.42. The molecule has 0 unspecified atom stereocenters. The van der Waals surface area contributed by atoms with Crippen molar-refractivity contribution < 1.29 is 55.7 Å². The molecule has 2 aromatic rings. The van der Waals surface area contributed by atoms with E-state index in [1.807, 2.05) is 12.1 Å². The van der Waals surface area contributed by atoms with Crippen molar-refractivity contribution in [3.05, 3.63) is 46.9 Å². The number of anilines is 1. The Kier molecular flexibility index (Phi) is 11.0. The number of piperidine rings is 1. The molecule has 0 aliphatic carbocycles. The second kappa shape index (κ2) is 13.5. The van der Waals surface area contributed by atoms with Crippen LogP contribution in [-0.4, -0.2) is 75.6 Å². The minimum Gasteiger partial charge on any atom is -0.475 e. The Balaban J connectivity index is 0.000000301. The smallest absolute Gasteiger partial charge is 0.475 e. The number of carboxylic acid groups (broad SMARTS) is 2. The van der Waals surface area contributed by atoms with E-state index in [4.69, 9.17) is 24.5 Å². The predicted molar refractivity (Wildman–Crippen MR) is 121 cm³/mol. The average Bonchev–Trinajstić information content (AvgIpc) is 3.49. The molecule has 1 amide bonds. The van der Waals surface area contributed by atoms with Crippen LogP contribution in [0.1, 0.15) is 18.4 Å². The Hall–Kier alpha value is -3.24. The van der Waals surface area contributed by atoms with Crippen molar-refractivity contribution in [2.24, 2.45) is 5.92 Å². The molecule has 38 heavy (non-hydrogen) atoms. The van der Waals surface area contributed by atoms with Crippen LogP contribution in [-0.2, 0) is 25.7 Å². The molecule has 210 valence electrons. The van der Waals surface area contributed by atoms with Crippen molar-refractivity contribution in [3.63, 3.8) is 0 Å². The summed E-state index contributed by atoms with van der Waals surface area (Å²) >= 11 is 1.74. The number of nitrogens with zero attached hydrogens (tertiary/aromatic N) is 2. The van der Waals surface area contributed by atoms with E-state index in [9.17, 15) is 31.1 Å². The van der Waals surface area contributed by atoms with Gasteiger partial charge in [0.25, 0.3) is 5.91 Å². The predicted octanol–water partition coefficient (Wildman–Crippen LogP) is 4.03. The van der Waals surface area contributed by atoms with Gasteiger partial charge < -0.3 is 20.3 Å². The third kappa shape index (κ3) is 10.3. The number of aliphatic carboxylic acids is 2. The van der Waals surface area contributed by atoms with Gasteiger partial charge in [0.1, 0.15) is 6.10 Å². The number of ether oxygens (including phenoxy) is 1. The lowest BCUT2D eigenvalue weighted by atomic mass is 9.91. The lowest BCUT2D eigenvalue weighted by Gasteiger charge is -2.33. The van der Waals surface area contributed by atoms with Gasteiger partial charge in [-0.15, -0.1) is 0 Å². The maximum absolute atomic E-state index is 12.4.